The van der Waals surface area contributed by atoms with E-state index in [0.717, 1.165) is 13.1 Å². The first kappa shape index (κ1) is 10.9. The van der Waals surface area contributed by atoms with Crippen LogP contribution in [0.1, 0.15) is 40.0 Å². The van der Waals surface area contributed by atoms with Crippen molar-refractivity contribution in [2.24, 2.45) is 10.8 Å². The lowest BCUT2D eigenvalue weighted by Crippen LogP contribution is -2.66. The third kappa shape index (κ3) is 1.78. The Bertz CT molecular complexity index is 268. The lowest BCUT2D eigenvalue weighted by molar-refractivity contribution is -0.162. The summed E-state index contributed by atoms with van der Waals surface area (Å²) in [6, 6.07) is -0.316. The molecule has 86 valence electrons. The van der Waals surface area contributed by atoms with Crippen molar-refractivity contribution >= 4 is 5.97 Å². The van der Waals surface area contributed by atoms with E-state index in [0.29, 0.717) is 5.41 Å². The first-order valence-corrected chi connectivity index (χ1v) is 5.81. The van der Waals surface area contributed by atoms with Crippen LogP contribution in [-0.4, -0.2) is 35.1 Å². The highest BCUT2D eigenvalue weighted by Gasteiger charge is 2.52. The van der Waals surface area contributed by atoms with Crippen molar-refractivity contribution in [2.45, 2.75) is 46.1 Å². The number of carbonyl (C=O) groups is 1. The Balaban J connectivity index is 1.99. The van der Waals surface area contributed by atoms with Crippen molar-refractivity contribution < 1.29 is 9.90 Å². The van der Waals surface area contributed by atoms with Crippen molar-refractivity contribution in [2.75, 3.05) is 13.1 Å². The molecule has 0 aromatic rings. The van der Waals surface area contributed by atoms with Gasteiger partial charge in [-0.1, -0.05) is 27.2 Å². The number of hydrogen-bond acceptors (Lipinski definition) is 2. The Labute approximate surface area is 91.5 Å². The highest BCUT2D eigenvalue weighted by atomic mass is 16.4. The number of hydrogen-bond donors (Lipinski definition) is 1. The molecule has 1 aliphatic heterocycles. The number of rotatable bonds is 2. The van der Waals surface area contributed by atoms with Gasteiger partial charge in [0.2, 0.25) is 0 Å². The van der Waals surface area contributed by atoms with Gasteiger partial charge in [0.15, 0.2) is 0 Å². The Morgan fingerprint density at radius 1 is 1.33 bits per heavy atom. The van der Waals surface area contributed by atoms with Gasteiger partial charge in [-0.15, -0.1) is 0 Å². The maximum atomic E-state index is 11.3. The summed E-state index contributed by atoms with van der Waals surface area (Å²) >= 11 is 0. The second-order valence-electron chi connectivity index (χ2n) is 6.37. The zero-order valence-electron chi connectivity index (χ0n) is 9.92. The predicted molar refractivity (Wildman–Crippen MR) is 58.7 cm³/mol. The molecule has 1 atom stereocenters. The number of nitrogens with zero attached hydrogens (tertiary/aromatic N) is 1. The van der Waals surface area contributed by atoms with Crippen LogP contribution in [0.5, 0.6) is 0 Å². The van der Waals surface area contributed by atoms with Crippen LogP contribution in [0, 0.1) is 10.8 Å². The maximum absolute atomic E-state index is 11.3. The van der Waals surface area contributed by atoms with Gasteiger partial charge in [0.25, 0.3) is 0 Å². The van der Waals surface area contributed by atoms with Crippen molar-refractivity contribution in [3.05, 3.63) is 0 Å². The van der Waals surface area contributed by atoms with Crippen LogP contribution >= 0.6 is 0 Å². The van der Waals surface area contributed by atoms with E-state index in [4.69, 9.17) is 0 Å². The quantitative estimate of drug-likeness (QED) is 0.759. The molecule has 0 radical (unpaired) electrons. The highest BCUT2D eigenvalue weighted by molar-refractivity contribution is 5.74. The molecule has 1 aliphatic carbocycles. The van der Waals surface area contributed by atoms with Crippen molar-refractivity contribution in [3.8, 4) is 0 Å². The highest BCUT2D eigenvalue weighted by Crippen LogP contribution is 2.50. The molecule has 0 aromatic carbocycles. The molecule has 3 heteroatoms. The molecule has 2 aliphatic rings. The van der Waals surface area contributed by atoms with E-state index in [1.165, 1.54) is 19.3 Å². The summed E-state index contributed by atoms with van der Waals surface area (Å²) in [6.45, 7) is 8.04. The minimum Gasteiger partial charge on any atom is -0.480 e. The molecule has 3 nitrogen and oxygen atoms in total. The van der Waals surface area contributed by atoms with Gasteiger partial charge in [-0.3, -0.25) is 9.69 Å². The molecule has 0 aromatic heterocycles. The maximum Gasteiger partial charge on any atom is 0.321 e. The van der Waals surface area contributed by atoms with E-state index in [-0.39, 0.29) is 11.5 Å². The molecule has 1 heterocycles. The summed E-state index contributed by atoms with van der Waals surface area (Å²) in [5, 5.41) is 9.26. The minimum absolute atomic E-state index is 0.169. The van der Waals surface area contributed by atoms with Gasteiger partial charge in [0, 0.05) is 13.1 Å². The Kier molecular flexibility index (Phi) is 2.34. The molecule has 2 rings (SSSR count). The molecule has 0 bridgehead atoms. The SMILES string of the molecule is CC(C)(C)C(C(=O)O)N1CC2(CCC2)C1. The largest absolute Gasteiger partial charge is 0.480 e. The van der Waals surface area contributed by atoms with Gasteiger partial charge < -0.3 is 5.11 Å². The van der Waals surface area contributed by atoms with Crippen LogP contribution < -0.4 is 0 Å². The third-order valence-corrected chi connectivity index (χ3v) is 3.91. The smallest absolute Gasteiger partial charge is 0.321 e. The molecule has 1 saturated carbocycles. The van der Waals surface area contributed by atoms with E-state index in [1.54, 1.807) is 0 Å². The van der Waals surface area contributed by atoms with Crippen molar-refractivity contribution in [1.82, 2.24) is 4.90 Å². The molecule has 1 N–H and O–H groups in total. The summed E-state index contributed by atoms with van der Waals surface area (Å²) in [5.41, 5.74) is 0.343. The fourth-order valence-corrected chi connectivity index (χ4v) is 3.07. The molecule has 0 amide bonds. The average Bonchev–Trinajstić information content (AvgIpc) is 1.86. The summed E-state index contributed by atoms with van der Waals surface area (Å²) in [7, 11) is 0. The normalized spacial score (nSPS) is 26.9. The van der Waals surface area contributed by atoms with E-state index in [1.807, 2.05) is 20.8 Å². The lowest BCUT2D eigenvalue weighted by Gasteiger charge is -2.59. The second kappa shape index (κ2) is 3.21. The summed E-state index contributed by atoms with van der Waals surface area (Å²) in [4.78, 5) is 13.4. The van der Waals surface area contributed by atoms with Crippen molar-refractivity contribution in [3.63, 3.8) is 0 Å². The summed E-state index contributed by atoms with van der Waals surface area (Å²) < 4.78 is 0. The Hall–Kier alpha value is -0.570. The third-order valence-electron chi connectivity index (χ3n) is 3.91. The predicted octanol–water partition coefficient (Wildman–Crippen LogP) is 1.97. The van der Waals surface area contributed by atoms with E-state index in [9.17, 15) is 9.90 Å². The molecule has 2 fully saturated rings. The molecular formula is C12H21NO2. The Morgan fingerprint density at radius 3 is 2.13 bits per heavy atom. The average molecular weight is 211 g/mol. The standard InChI is InChI=1S/C12H21NO2/c1-11(2,3)9(10(14)15)13-7-12(8-13)5-4-6-12/h9H,4-8H2,1-3H3,(H,14,15). The van der Waals surface area contributed by atoms with E-state index in [2.05, 4.69) is 4.90 Å². The van der Waals surface area contributed by atoms with Gasteiger partial charge in [-0.05, 0) is 23.7 Å². The zero-order valence-corrected chi connectivity index (χ0v) is 9.92. The monoisotopic (exact) mass is 211 g/mol. The zero-order chi connectivity index (χ0) is 11.3. The first-order chi connectivity index (χ1) is 6.84. The fourth-order valence-electron chi connectivity index (χ4n) is 3.07. The van der Waals surface area contributed by atoms with Gasteiger partial charge >= 0.3 is 5.97 Å². The number of aliphatic carboxylic acids is 1. The summed E-state index contributed by atoms with van der Waals surface area (Å²) in [6.07, 6.45) is 3.95. The van der Waals surface area contributed by atoms with Crippen LogP contribution in [0.3, 0.4) is 0 Å². The Morgan fingerprint density at radius 2 is 1.87 bits per heavy atom. The van der Waals surface area contributed by atoms with Gasteiger partial charge in [0.1, 0.15) is 6.04 Å². The molecule has 1 spiro atoms. The van der Waals surface area contributed by atoms with E-state index >= 15 is 0 Å². The number of carboxylic acid groups (broad SMARTS) is 1. The molecule has 15 heavy (non-hydrogen) atoms. The number of carboxylic acids is 1. The molecule has 1 saturated heterocycles. The van der Waals surface area contributed by atoms with Crippen LogP contribution in [-0.2, 0) is 4.79 Å². The van der Waals surface area contributed by atoms with Gasteiger partial charge in [0.05, 0.1) is 0 Å². The van der Waals surface area contributed by atoms with Crippen LogP contribution in [0.15, 0.2) is 0 Å². The second-order valence-corrected chi connectivity index (χ2v) is 6.37. The topological polar surface area (TPSA) is 40.5 Å². The van der Waals surface area contributed by atoms with Crippen LogP contribution in [0.4, 0.5) is 0 Å². The number of likely N-dealkylation sites (tertiary alicyclic amines) is 1. The van der Waals surface area contributed by atoms with Crippen LogP contribution in [0.25, 0.3) is 0 Å². The van der Waals surface area contributed by atoms with Crippen LogP contribution in [0.2, 0.25) is 0 Å². The van der Waals surface area contributed by atoms with Crippen molar-refractivity contribution in [1.29, 1.82) is 0 Å². The van der Waals surface area contributed by atoms with Gasteiger partial charge in [-0.25, -0.2) is 0 Å². The lowest BCUT2D eigenvalue weighted by atomic mass is 9.62. The van der Waals surface area contributed by atoms with Gasteiger partial charge in [-0.2, -0.15) is 0 Å². The molecular weight excluding hydrogens is 190 g/mol. The van der Waals surface area contributed by atoms with E-state index < -0.39 is 5.97 Å². The summed E-state index contributed by atoms with van der Waals surface area (Å²) in [5.74, 6) is -0.670. The first-order valence-electron chi connectivity index (χ1n) is 5.81. The fraction of sp³-hybridized carbons (Fsp3) is 0.917. The minimum atomic E-state index is -0.670. The molecule has 1 unspecified atom stereocenters.